The Hall–Kier alpha value is -1.77. The molecule has 8 heteroatoms. The number of hydrogen-bond donors (Lipinski definition) is 2. The van der Waals surface area contributed by atoms with Crippen LogP contribution in [0.3, 0.4) is 0 Å². The summed E-state index contributed by atoms with van der Waals surface area (Å²) in [5.41, 5.74) is 0.836. The largest absolute Gasteiger partial charge is 0.357 e. The number of carbonyl (C=O) groups is 1. The summed E-state index contributed by atoms with van der Waals surface area (Å²) in [7, 11) is 1.54. The first-order chi connectivity index (χ1) is 11.1. The molecule has 0 spiro atoms. The number of hydrazone groups is 1. The molecule has 0 aliphatic carbocycles. The Kier molecular flexibility index (Phi) is 5.12. The van der Waals surface area contributed by atoms with E-state index in [2.05, 4.69) is 31.7 Å². The van der Waals surface area contributed by atoms with Crippen LogP contribution < -0.4 is 10.3 Å². The minimum absolute atomic E-state index is 0.260. The fourth-order valence-electron chi connectivity index (χ4n) is 2.52. The molecule has 24 heavy (non-hydrogen) atoms. The molecule has 1 heterocycles. The van der Waals surface area contributed by atoms with Gasteiger partial charge in [0.05, 0.1) is 11.4 Å². The van der Waals surface area contributed by atoms with Crippen molar-refractivity contribution in [1.82, 2.24) is 10.5 Å². The zero-order valence-electron chi connectivity index (χ0n) is 14.3. The fourth-order valence-corrected chi connectivity index (χ4v) is 2.78. The van der Waals surface area contributed by atoms with Crippen molar-refractivity contribution < 1.29 is 14.8 Å². The molecule has 1 aromatic carbocycles. The van der Waals surface area contributed by atoms with E-state index < -0.39 is 16.9 Å². The molecule has 0 saturated carbocycles. The van der Waals surface area contributed by atoms with Crippen LogP contribution in [-0.2, 0) is 4.79 Å². The second-order valence-electron chi connectivity index (χ2n) is 6.61. The van der Waals surface area contributed by atoms with Gasteiger partial charge in [-0.05, 0) is 31.2 Å². The summed E-state index contributed by atoms with van der Waals surface area (Å²) in [5, 5.41) is 19.4. The molecule has 0 bridgehead atoms. The van der Waals surface area contributed by atoms with E-state index in [4.69, 9.17) is 4.84 Å². The Morgan fingerprint density at radius 2 is 1.96 bits per heavy atom. The van der Waals surface area contributed by atoms with E-state index in [-0.39, 0.29) is 5.71 Å². The summed E-state index contributed by atoms with van der Waals surface area (Å²) >= 11 is 3.34. The Morgan fingerprint density at radius 3 is 2.46 bits per heavy atom. The first-order valence-electron chi connectivity index (χ1n) is 7.39. The van der Waals surface area contributed by atoms with Crippen molar-refractivity contribution in [3.63, 3.8) is 0 Å². The molecule has 1 aliphatic rings. The van der Waals surface area contributed by atoms with Crippen LogP contribution >= 0.6 is 15.9 Å². The van der Waals surface area contributed by atoms with Gasteiger partial charge in [-0.3, -0.25) is 4.79 Å². The number of oxime groups is 1. The van der Waals surface area contributed by atoms with Gasteiger partial charge in [-0.1, -0.05) is 41.9 Å². The number of amides is 1. The molecule has 0 aromatic heterocycles. The zero-order chi connectivity index (χ0) is 18.1. The molecule has 2 N–H and O–H groups in total. The molecule has 1 atom stereocenters. The number of benzene rings is 1. The third-order valence-electron chi connectivity index (χ3n) is 3.74. The van der Waals surface area contributed by atoms with Crippen molar-refractivity contribution in [1.29, 1.82) is 0 Å². The standard InChI is InChI=1S/C16H21BrN4O3/c1-10(19-24-12-8-6-11(17)7-9-12)16(20-23)13(15(2,3)4)18-21(5)14(16)22/h6-9,20,23H,1-5H3/b19-10-. The smallest absolute Gasteiger partial charge is 0.276 e. The lowest BCUT2D eigenvalue weighted by Crippen LogP contribution is -2.63. The molecule has 1 amide bonds. The Balaban J connectivity index is 2.40. The SMILES string of the molecule is C/C(=N/Oc1ccc(Br)cc1)C1(NO)C(=O)N(C)N=C1C(C)(C)C. The maximum atomic E-state index is 12.7. The van der Waals surface area contributed by atoms with E-state index >= 15 is 0 Å². The monoisotopic (exact) mass is 396 g/mol. The van der Waals surface area contributed by atoms with Gasteiger partial charge in [-0.25, -0.2) is 5.01 Å². The number of carbonyl (C=O) groups excluding carboxylic acids is 1. The maximum Gasteiger partial charge on any atom is 0.276 e. The van der Waals surface area contributed by atoms with Crippen LogP contribution in [0.5, 0.6) is 5.75 Å². The van der Waals surface area contributed by atoms with Crippen LogP contribution in [-0.4, -0.2) is 40.1 Å². The maximum absolute atomic E-state index is 12.7. The predicted molar refractivity (Wildman–Crippen MR) is 95.2 cm³/mol. The van der Waals surface area contributed by atoms with Gasteiger partial charge < -0.3 is 10.0 Å². The van der Waals surface area contributed by atoms with E-state index in [1.54, 1.807) is 19.1 Å². The summed E-state index contributed by atoms with van der Waals surface area (Å²) in [6, 6.07) is 7.11. The molecular weight excluding hydrogens is 376 g/mol. The molecule has 7 nitrogen and oxygen atoms in total. The van der Waals surface area contributed by atoms with Crippen LogP contribution in [0.2, 0.25) is 0 Å². The number of halogens is 1. The number of rotatable bonds is 4. The van der Waals surface area contributed by atoms with Gasteiger partial charge in [0.25, 0.3) is 5.91 Å². The van der Waals surface area contributed by atoms with E-state index in [0.717, 1.165) is 4.47 Å². The summed E-state index contributed by atoms with van der Waals surface area (Å²) in [6.45, 7) is 7.34. The van der Waals surface area contributed by atoms with Crippen molar-refractivity contribution in [2.45, 2.75) is 33.2 Å². The quantitative estimate of drug-likeness (QED) is 0.604. The van der Waals surface area contributed by atoms with Crippen LogP contribution in [0.4, 0.5) is 0 Å². The van der Waals surface area contributed by atoms with Gasteiger partial charge in [0.1, 0.15) is 0 Å². The molecule has 0 radical (unpaired) electrons. The Bertz CT molecular complexity index is 694. The zero-order valence-corrected chi connectivity index (χ0v) is 15.9. The van der Waals surface area contributed by atoms with Crippen LogP contribution in [0, 0.1) is 5.41 Å². The van der Waals surface area contributed by atoms with E-state index in [1.165, 1.54) is 12.1 Å². The fraction of sp³-hybridized carbons (Fsp3) is 0.438. The third kappa shape index (κ3) is 3.22. The number of likely N-dealkylation sites (N-methyl/N-ethyl adjacent to an activating group) is 1. The minimum Gasteiger partial charge on any atom is -0.357 e. The van der Waals surface area contributed by atoms with E-state index in [9.17, 15) is 10.0 Å². The first-order valence-corrected chi connectivity index (χ1v) is 8.19. The lowest BCUT2D eigenvalue weighted by Gasteiger charge is -2.32. The summed E-state index contributed by atoms with van der Waals surface area (Å²) in [5.74, 6) is 0.0919. The number of hydroxylamine groups is 1. The third-order valence-corrected chi connectivity index (χ3v) is 4.27. The van der Waals surface area contributed by atoms with Gasteiger partial charge in [0.15, 0.2) is 5.75 Å². The average Bonchev–Trinajstić information content (AvgIpc) is 2.79. The molecule has 2 rings (SSSR count). The molecular formula is C16H21BrN4O3. The van der Waals surface area contributed by atoms with Crippen molar-refractivity contribution >= 4 is 33.3 Å². The van der Waals surface area contributed by atoms with Crippen LogP contribution in [0.25, 0.3) is 0 Å². The molecule has 1 unspecified atom stereocenters. The van der Waals surface area contributed by atoms with Gasteiger partial charge in [0, 0.05) is 16.9 Å². The second-order valence-corrected chi connectivity index (χ2v) is 7.53. The van der Waals surface area contributed by atoms with Gasteiger partial charge >= 0.3 is 0 Å². The van der Waals surface area contributed by atoms with E-state index in [1.807, 2.05) is 32.9 Å². The predicted octanol–water partition coefficient (Wildman–Crippen LogP) is 2.80. The normalized spacial score (nSPS) is 22.0. The molecule has 130 valence electrons. The summed E-state index contributed by atoms with van der Waals surface area (Å²) in [4.78, 5) is 18.1. The highest BCUT2D eigenvalue weighted by Gasteiger charge is 2.56. The van der Waals surface area contributed by atoms with Gasteiger partial charge in [-0.2, -0.15) is 10.6 Å². The molecule has 1 aromatic rings. The summed E-state index contributed by atoms with van der Waals surface area (Å²) in [6.07, 6.45) is 0. The lowest BCUT2D eigenvalue weighted by molar-refractivity contribution is -0.133. The van der Waals surface area contributed by atoms with Crippen molar-refractivity contribution in [2.24, 2.45) is 15.7 Å². The minimum atomic E-state index is -1.54. The first kappa shape index (κ1) is 18.6. The highest BCUT2D eigenvalue weighted by atomic mass is 79.9. The number of nitrogens with zero attached hydrogens (tertiary/aromatic N) is 3. The molecule has 0 fully saturated rings. The van der Waals surface area contributed by atoms with Crippen LogP contribution in [0.1, 0.15) is 27.7 Å². The average molecular weight is 397 g/mol. The number of hydrogen-bond acceptors (Lipinski definition) is 6. The lowest BCUT2D eigenvalue weighted by atomic mass is 9.75. The van der Waals surface area contributed by atoms with Crippen molar-refractivity contribution in [3.05, 3.63) is 28.7 Å². The topological polar surface area (TPSA) is 86.5 Å². The van der Waals surface area contributed by atoms with Gasteiger partial charge in [0.2, 0.25) is 5.54 Å². The van der Waals surface area contributed by atoms with Crippen molar-refractivity contribution in [3.8, 4) is 5.75 Å². The number of nitrogens with one attached hydrogen (secondary N) is 1. The molecule has 0 saturated heterocycles. The van der Waals surface area contributed by atoms with Crippen molar-refractivity contribution in [2.75, 3.05) is 7.05 Å². The van der Waals surface area contributed by atoms with Gasteiger partial charge in [-0.15, -0.1) is 0 Å². The summed E-state index contributed by atoms with van der Waals surface area (Å²) < 4.78 is 0.916. The molecule has 1 aliphatic heterocycles. The highest BCUT2D eigenvalue weighted by molar-refractivity contribution is 9.10. The van der Waals surface area contributed by atoms with Crippen LogP contribution in [0.15, 0.2) is 39.0 Å². The second kappa shape index (κ2) is 6.62. The Morgan fingerprint density at radius 1 is 1.38 bits per heavy atom. The van der Waals surface area contributed by atoms with E-state index in [0.29, 0.717) is 11.5 Å². The highest BCUT2D eigenvalue weighted by Crippen LogP contribution is 2.32. The Labute approximate surface area is 149 Å².